The number of rotatable bonds is 7. The third-order valence-corrected chi connectivity index (χ3v) is 3.15. The molecule has 0 spiro atoms. The van der Waals surface area contributed by atoms with Gasteiger partial charge in [-0.1, -0.05) is 0 Å². The Balaban J connectivity index is 2.72. The van der Waals surface area contributed by atoms with Crippen LogP contribution in [-0.2, 0) is 14.9 Å². The Kier molecular flexibility index (Phi) is 5.17. The maximum absolute atomic E-state index is 11.3. The number of aliphatic carboxylic acids is 1. The van der Waals surface area contributed by atoms with Crippen molar-refractivity contribution in [1.82, 2.24) is 0 Å². The molecule has 0 atom stereocenters. The monoisotopic (exact) mass is 304 g/mol. The fourth-order valence-electron chi connectivity index (χ4n) is 1.36. The van der Waals surface area contributed by atoms with E-state index < -0.39 is 27.6 Å². The lowest BCUT2D eigenvalue weighted by Gasteiger charge is -2.02. The summed E-state index contributed by atoms with van der Waals surface area (Å²) in [5, 5.41) is 8.61. The first-order chi connectivity index (χ1) is 9.20. The van der Waals surface area contributed by atoms with E-state index in [2.05, 4.69) is 0 Å². The number of hydrogen-bond donors (Lipinski definition) is 2. The predicted molar refractivity (Wildman–Crippen MR) is 65.8 cm³/mol. The zero-order chi connectivity index (χ0) is 15.3. The van der Waals surface area contributed by atoms with Crippen LogP contribution in [-0.4, -0.2) is 42.2 Å². The van der Waals surface area contributed by atoms with E-state index in [0.29, 0.717) is 5.69 Å². The number of pyridine rings is 1. The van der Waals surface area contributed by atoms with Gasteiger partial charge >= 0.3 is 5.97 Å². The molecule has 110 valence electrons. The molecular formula is C11H14NO7S+. The fourth-order valence-corrected chi connectivity index (χ4v) is 1.84. The second-order valence-corrected chi connectivity index (χ2v) is 5.56. The van der Waals surface area contributed by atoms with Crippen molar-refractivity contribution in [3.63, 3.8) is 0 Å². The Hall–Kier alpha value is -2.00. The van der Waals surface area contributed by atoms with Crippen LogP contribution in [0.25, 0.3) is 0 Å². The van der Waals surface area contributed by atoms with Crippen molar-refractivity contribution in [1.29, 1.82) is 0 Å². The highest BCUT2D eigenvalue weighted by atomic mass is 32.2. The van der Waals surface area contributed by atoms with Gasteiger partial charge in [-0.3, -0.25) is 14.2 Å². The minimum absolute atomic E-state index is 0.0178. The average Bonchev–Trinajstić information content (AvgIpc) is 2.34. The van der Waals surface area contributed by atoms with Crippen LogP contribution < -0.4 is 9.57 Å². The third kappa shape index (κ3) is 4.94. The number of carbonyl (C=O) groups excluding carboxylic acids is 1. The molecule has 1 heterocycles. The molecule has 1 aromatic rings. The minimum Gasteiger partial charge on any atom is -0.475 e. The summed E-state index contributed by atoms with van der Waals surface area (Å²) in [6.07, 6.45) is 1.27. The molecule has 0 amide bonds. The highest BCUT2D eigenvalue weighted by Crippen LogP contribution is 1.99. The van der Waals surface area contributed by atoms with Crippen LogP contribution in [0.15, 0.2) is 18.3 Å². The molecule has 0 bridgehead atoms. The molecule has 0 aliphatic carbocycles. The van der Waals surface area contributed by atoms with Crippen molar-refractivity contribution in [3.05, 3.63) is 29.6 Å². The van der Waals surface area contributed by atoms with Gasteiger partial charge in [-0.2, -0.15) is 8.42 Å². The smallest absolute Gasteiger partial charge is 0.377 e. The van der Waals surface area contributed by atoms with Crippen LogP contribution in [0, 0.1) is 6.92 Å². The van der Waals surface area contributed by atoms with Crippen LogP contribution in [0.1, 0.15) is 22.5 Å². The normalized spacial score (nSPS) is 11.1. The topological polar surface area (TPSA) is 122 Å². The molecule has 0 aliphatic rings. The quantitative estimate of drug-likeness (QED) is 0.223. The molecule has 0 fully saturated rings. The summed E-state index contributed by atoms with van der Waals surface area (Å²) in [6, 6.07) is 2.85. The first-order valence-electron chi connectivity index (χ1n) is 5.59. The molecule has 0 radical (unpaired) electrons. The number of aromatic nitrogens is 1. The number of nitrogens with zero attached hydrogens (tertiary/aromatic N) is 1. The summed E-state index contributed by atoms with van der Waals surface area (Å²) < 4.78 is 30.8. The SMILES string of the molecule is Cc1ccc(C(=O)C(=O)O)c[n+]1OCCCS(=O)(=O)O. The highest BCUT2D eigenvalue weighted by molar-refractivity contribution is 7.85. The average molecular weight is 304 g/mol. The van der Waals surface area contributed by atoms with Crippen LogP contribution in [0.2, 0.25) is 0 Å². The second kappa shape index (κ2) is 6.44. The van der Waals surface area contributed by atoms with Gasteiger partial charge in [-0.15, -0.1) is 0 Å². The van der Waals surface area contributed by atoms with E-state index >= 15 is 0 Å². The van der Waals surface area contributed by atoms with Gasteiger partial charge in [0.15, 0.2) is 6.61 Å². The van der Waals surface area contributed by atoms with Crippen LogP contribution in [0.5, 0.6) is 0 Å². The molecule has 20 heavy (non-hydrogen) atoms. The predicted octanol–water partition coefficient (Wildman–Crippen LogP) is -0.744. The number of carboxylic acids is 1. The van der Waals surface area contributed by atoms with E-state index in [1.807, 2.05) is 0 Å². The lowest BCUT2D eigenvalue weighted by molar-refractivity contribution is -0.895. The Bertz CT molecular complexity index is 624. The standard InChI is InChI=1S/C11H13NO7S/c1-8-3-4-9(10(13)11(14)15)7-12(8)19-5-2-6-20(16,17)18/h3-4,7H,2,5-6H2,1H3,(H-,14,15,16,17,18)/p+1. The van der Waals surface area contributed by atoms with E-state index in [1.54, 1.807) is 6.92 Å². The van der Waals surface area contributed by atoms with Gasteiger partial charge in [0.05, 0.1) is 11.3 Å². The van der Waals surface area contributed by atoms with Crippen molar-refractivity contribution in [2.75, 3.05) is 12.4 Å². The number of ketones is 1. The van der Waals surface area contributed by atoms with E-state index in [9.17, 15) is 18.0 Å². The van der Waals surface area contributed by atoms with Crippen LogP contribution in [0.4, 0.5) is 0 Å². The molecule has 1 rings (SSSR count). The first kappa shape index (κ1) is 16.1. The van der Waals surface area contributed by atoms with Gasteiger partial charge in [0.25, 0.3) is 15.9 Å². The maximum atomic E-state index is 11.3. The number of carbonyl (C=O) groups is 2. The van der Waals surface area contributed by atoms with E-state index in [0.717, 1.165) is 0 Å². The summed E-state index contributed by atoms with van der Waals surface area (Å²) in [5.41, 5.74) is 0.539. The zero-order valence-corrected chi connectivity index (χ0v) is 11.5. The van der Waals surface area contributed by atoms with Crippen LogP contribution >= 0.6 is 0 Å². The summed E-state index contributed by atoms with van der Waals surface area (Å²) in [7, 11) is -4.04. The molecule has 1 aromatic heterocycles. The minimum atomic E-state index is -4.04. The Labute approximate surface area is 115 Å². The van der Waals surface area contributed by atoms with Crippen molar-refractivity contribution in [3.8, 4) is 0 Å². The van der Waals surface area contributed by atoms with Gasteiger partial charge in [0.1, 0.15) is 0 Å². The van der Waals surface area contributed by atoms with Crippen molar-refractivity contribution >= 4 is 21.9 Å². The lowest BCUT2D eigenvalue weighted by Crippen LogP contribution is -2.46. The Morgan fingerprint density at radius 2 is 2.00 bits per heavy atom. The molecule has 0 aromatic carbocycles. The maximum Gasteiger partial charge on any atom is 0.377 e. The van der Waals surface area contributed by atoms with E-state index in [-0.39, 0.29) is 18.6 Å². The first-order valence-corrected chi connectivity index (χ1v) is 7.20. The van der Waals surface area contributed by atoms with Crippen LogP contribution in [0.3, 0.4) is 0 Å². The van der Waals surface area contributed by atoms with E-state index in [4.69, 9.17) is 14.5 Å². The van der Waals surface area contributed by atoms with Gasteiger partial charge in [-0.05, 0) is 6.07 Å². The summed E-state index contributed by atoms with van der Waals surface area (Å²) in [5.74, 6) is -3.09. The fraction of sp³-hybridized carbons (Fsp3) is 0.364. The summed E-state index contributed by atoms with van der Waals surface area (Å²) in [4.78, 5) is 27.1. The number of aryl methyl sites for hydroxylation is 1. The van der Waals surface area contributed by atoms with Gasteiger partial charge < -0.3 is 5.11 Å². The van der Waals surface area contributed by atoms with Gasteiger partial charge in [0.2, 0.25) is 11.9 Å². The zero-order valence-electron chi connectivity index (χ0n) is 10.6. The summed E-state index contributed by atoms with van der Waals surface area (Å²) >= 11 is 0. The molecule has 0 saturated carbocycles. The van der Waals surface area contributed by atoms with Gasteiger partial charge in [-0.25, -0.2) is 4.79 Å². The highest BCUT2D eigenvalue weighted by Gasteiger charge is 2.20. The molecule has 0 saturated heterocycles. The molecule has 2 N–H and O–H groups in total. The molecule has 0 unspecified atom stereocenters. The van der Waals surface area contributed by atoms with Gasteiger partial charge in [0, 0.05) is 24.1 Å². The second-order valence-electron chi connectivity index (χ2n) is 3.99. The van der Waals surface area contributed by atoms with E-state index in [1.165, 1.54) is 23.1 Å². The number of hydrogen-bond acceptors (Lipinski definition) is 5. The Morgan fingerprint density at radius 1 is 1.35 bits per heavy atom. The lowest BCUT2D eigenvalue weighted by atomic mass is 10.2. The van der Waals surface area contributed by atoms with Crippen molar-refractivity contribution in [2.24, 2.45) is 0 Å². The molecular weight excluding hydrogens is 290 g/mol. The molecule has 0 aliphatic heterocycles. The summed E-state index contributed by atoms with van der Waals surface area (Å²) in [6.45, 7) is 1.65. The Morgan fingerprint density at radius 3 is 2.55 bits per heavy atom. The third-order valence-electron chi connectivity index (χ3n) is 2.34. The number of Topliss-reactive ketones (excluding diaryl/α,β-unsaturated/α-hetero) is 1. The van der Waals surface area contributed by atoms with Crippen molar-refractivity contribution < 1.29 is 37.2 Å². The molecule has 8 nitrogen and oxygen atoms in total. The largest absolute Gasteiger partial charge is 0.475 e. The molecule has 9 heteroatoms. The number of carboxylic acid groups (broad SMARTS) is 1. The van der Waals surface area contributed by atoms with Crippen molar-refractivity contribution in [2.45, 2.75) is 13.3 Å².